The Bertz CT molecular complexity index is 2470. The van der Waals surface area contributed by atoms with Gasteiger partial charge in [0.05, 0.1) is 29.6 Å². The summed E-state index contributed by atoms with van der Waals surface area (Å²) in [4.78, 5) is 97.3. The van der Waals surface area contributed by atoms with Gasteiger partial charge in [-0.1, -0.05) is 54.6 Å². The average Bonchev–Trinajstić information content (AvgIpc) is 3.60. The Kier molecular flexibility index (Phi) is 16.0. The molecule has 2 amide bonds. The lowest BCUT2D eigenvalue weighted by molar-refractivity contribution is -0.384. The number of carboxylic acid groups (broad SMARTS) is 3. The highest BCUT2D eigenvalue weighted by Crippen LogP contribution is 2.45. The van der Waals surface area contributed by atoms with Gasteiger partial charge in [0.25, 0.3) is 5.69 Å². The number of aliphatic carboxylic acids is 3. The number of carbonyl (C=O) groups excluding carboxylic acids is 4. The number of ether oxygens (including phenoxy) is 6. The van der Waals surface area contributed by atoms with Crippen LogP contribution in [0.2, 0.25) is 0 Å². The Balaban J connectivity index is 1.19. The predicted octanol–water partition coefficient (Wildman–Crippen LogP) is 6.12. The first-order chi connectivity index (χ1) is 32.1. The fraction of sp³-hybridized carbons (Fsp3) is 0.326. The van der Waals surface area contributed by atoms with Crippen molar-refractivity contribution in [1.29, 1.82) is 0 Å². The van der Waals surface area contributed by atoms with E-state index in [0.717, 1.165) is 41.3 Å². The largest absolute Gasteiger partial charge is 0.514 e. The highest BCUT2D eigenvalue weighted by Gasteiger charge is 2.49. The third kappa shape index (κ3) is 13.0. The van der Waals surface area contributed by atoms with Crippen molar-refractivity contribution in [3.63, 3.8) is 0 Å². The van der Waals surface area contributed by atoms with E-state index in [1.165, 1.54) is 30.3 Å². The monoisotopic (exact) mass is 927 g/mol. The van der Waals surface area contributed by atoms with Crippen molar-refractivity contribution in [3.8, 4) is 22.6 Å². The van der Waals surface area contributed by atoms with Gasteiger partial charge in [0.1, 0.15) is 31.3 Å². The smallest absolute Gasteiger partial charge is 0.481 e. The minimum Gasteiger partial charge on any atom is -0.481 e. The molecule has 352 valence electrons. The quantitative estimate of drug-likeness (QED) is 0.0219. The molecule has 6 rings (SSSR count). The first-order valence-corrected chi connectivity index (χ1v) is 20.8. The average molecular weight is 928 g/mol. The van der Waals surface area contributed by atoms with Crippen LogP contribution in [0, 0.1) is 27.9 Å². The first-order valence-electron chi connectivity index (χ1n) is 20.8. The maximum Gasteiger partial charge on any atom is 0.514 e. The highest BCUT2D eigenvalue weighted by atomic mass is 16.7. The van der Waals surface area contributed by atoms with Gasteiger partial charge >= 0.3 is 36.1 Å². The Hall–Kier alpha value is -8.07. The lowest BCUT2D eigenvalue weighted by Crippen LogP contribution is -2.53. The van der Waals surface area contributed by atoms with Gasteiger partial charge in [-0.15, -0.1) is 0 Å². The molecule has 5 atom stereocenters. The molecule has 1 saturated heterocycles. The molecule has 0 aromatic heterocycles. The Labute approximate surface area is 381 Å². The van der Waals surface area contributed by atoms with Crippen LogP contribution in [0.1, 0.15) is 55.2 Å². The zero-order chi connectivity index (χ0) is 48.2. The van der Waals surface area contributed by atoms with E-state index in [9.17, 15) is 59.0 Å². The summed E-state index contributed by atoms with van der Waals surface area (Å²) in [5.74, 6) is -9.61. The Morgan fingerprint density at radius 1 is 0.731 bits per heavy atom. The summed E-state index contributed by atoms with van der Waals surface area (Å²) in [7, 11) is 0. The number of carbonyl (C=O) groups is 7. The summed E-state index contributed by atoms with van der Waals surface area (Å²) >= 11 is 0. The standard InChI is InChI=1S/C46H45N3O18/c1-25(50)62-24-39-34(20-42(54)55)33(19-41(52)53)35(21-43(56)57)44(67-39)66-38-15-10-26(22-64-46(59)65-28-13-11-27(12-14-28)49(60)61)18-37(38)48-40(51)16-17-47-45(58)63-23-36-31-8-4-2-6-29(31)30-7-3-5-9-32(30)36/h2-15,18,33-36,39,44H,16-17,19-24H2,1H3,(H,47,58)(H,48,51)(H,52,53)(H,54,55)(H,56,57)/t33-,34-,35+,39-,44+/m0/s1. The van der Waals surface area contributed by atoms with E-state index >= 15 is 0 Å². The molecule has 4 aromatic rings. The van der Waals surface area contributed by atoms with Gasteiger partial charge in [0.15, 0.2) is 0 Å². The number of amides is 2. The Morgan fingerprint density at radius 3 is 1.96 bits per heavy atom. The molecule has 0 bridgehead atoms. The van der Waals surface area contributed by atoms with E-state index in [2.05, 4.69) is 10.6 Å². The molecule has 2 aliphatic rings. The number of esters is 1. The molecule has 1 fully saturated rings. The van der Waals surface area contributed by atoms with Crippen LogP contribution in [0.4, 0.5) is 21.0 Å². The van der Waals surface area contributed by atoms with Gasteiger partial charge in [-0.05, 0) is 58.0 Å². The number of nitro benzene ring substituents is 1. The van der Waals surface area contributed by atoms with Gasteiger partial charge in [0.2, 0.25) is 12.2 Å². The van der Waals surface area contributed by atoms with Crippen molar-refractivity contribution < 1.29 is 82.2 Å². The Morgan fingerprint density at radius 2 is 1.34 bits per heavy atom. The predicted molar refractivity (Wildman–Crippen MR) is 230 cm³/mol. The van der Waals surface area contributed by atoms with Crippen LogP contribution >= 0.6 is 0 Å². The van der Waals surface area contributed by atoms with Crippen LogP contribution in [0.5, 0.6) is 11.5 Å². The zero-order valence-electron chi connectivity index (χ0n) is 35.7. The second kappa shape index (κ2) is 22.2. The van der Waals surface area contributed by atoms with Crippen LogP contribution in [0.15, 0.2) is 91.0 Å². The minimum absolute atomic E-state index is 0.0290. The van der Waals surface area contributed by atoms with Gasteiger partial charge < -0.3 is 54.4 Å². The van der Waals surface area contributed by atoms with E-state index < -0.39 is 110 Å². The van der Waals surface area contributed by atoms with Gasteiger partial charge in [-0.25, -0.2) is 9.59 Å². The van der Waals surface area contributed by atoms with Crippen molar-refractivity contribution in [2.24, 2.45) is 17.8 Å². The van der Waals surface area contributed by atoms with E-state index in [-0.39, 0.29) is 53.9 Å². The van der Waals surface area contributed by atoms with E-state index in [1.807, 2.05) is 48.5 Å². The summed E-state index contributed by atoms with van der Waals surface area (Å²) in [6, 6.07) is 24.3. The third-order valence-electron chi connectivity index (χ3n) is 11.0. The number of anilines is 1. The number of rotatable bonds is 20. The lowest BCUT2D eigenvalue weighted by Gasteiger charge is -2.45. The van der Waals surface area contributed by atoms with Crippen molar-refractivity contribution in [1.82, 2.24) is 5.32 Å². The number of nitrogens with one attached hydrogen (secondary N) is 2. The second-order valence-electron chi connectivity index (χ2n) is 15.5. The molecule has 0 radical (unpaired) electrons. The van der Waals surface area contributed by atoms with E-state index in [1.54, 1.807) is 0 Å². The number of fused-ring (bicyclic) bond motifs is 3. The van der Waals surface area contributed by atoms with E-state index in [4.69, 9.17) is 28.4 Å². The normalized spacial score (nSPS) is 18.3. The van der Waals surface area contributed by atoms with Crippen molar-refractivity contribution in [2.75, 3.05) is 25.1 Å². The lowest BCUT2D eigenvalue weighted by atomic mass is 9.71. The first kappa shape index (κ1) is 48.4. The number of hydrogen-bond donors (Lipinski definition) is 5. The van der Waals surface area contributed by atoms with Crippen LogP contribution in [0.25, 0.3) is 11.1 Å². The maximum atomic E-state index is 13.5. The van der Waals surface area contributed by atoms with Crippen LogP contribution in [-0.4, -0.2) is 94.4 Å². The molecular weight excluding hydrogens is 883 g/mol. The molecule has 0 unspecified atom stereocenters. The number of carboxylic acids is 3. The number of hydrogen-bond acceptors (Lipinski definition) is 15. The molecule has 1 heterocycles. The van der Waals surface area contributed by atoms with Crippen molar-refractivity contribution in [3.05, 3.63) is 118 Å². The fourth-order valence-corrected chi connectivity index (χ4v) is 8.12. The molecule has 1 aliphatic heterocycles. The summed E-state index contributed by atoms with van der Waals surface area (Å²) < 4.78 is 33.3. The molecule has 5 N–H and O–H groups in total. The van der Waals surface area contributed by atoms with Crippen molar-refractivity contribution in [2.45, 2.75) is 57.5 Å². The number of alkyl carbamates (subject to hydrolysis) is 1. The van der Waals surface area contributed by atoms with Gasteiger partial charge in [-0.3, -0.25) is 34.1 Å². The molecule has 1 aliphatic carbocycles. The molecule has 21 heteroatoms. The summed E-state index contributed by atoms with van der Waals surface area (Å²) in [5.41, 5.74) is 4.01. The number of non-ortho nitro benzene ring substituents is 1. The van der Waals surface area contributed by atoms with Gasteiger partial charge in [0, 0.05) is 56.2 Å². The minimum atomic E-state index is -1.62. The SMILES string of the molecule is CC(=O)OC[C@@H]1O[C@@H](Oc2ccc(COC(=O)Oc3ccc([N+](=O)[O-])cc3)cc2NC(=O)CCNC(=O)OCC2c3ccccc3-c3ccccc32)[C@H](CC(=O)O)[C@@H](CC(=O)O)[C@@H]1CC(=O)O. The molecular formula is C46H45N3O18. The molecule has 4 aromatic carbocycles. The number of nitrogens with zero attached hydrogens (tertiary/aromatic N) is 1. The van der Waals surface area contributed by atoms with Crippen LogP contribution in [0.3, 0.4) is 0 Å². The zero-order valence-corrected chi connectivity index (χ0v) is 35.7. The summed E-state index contributed by atoms with van der Waals surface area (Å²) in [6.07, 6.45) is -7.29. The number of nitro groups is 1. The van der Waals surface area contributed by atoms with Gasteiger partial charge in [-0.2, -0.15) is 0 Å². The van der Waals surface area contributed by atoms with E-state index in [0.29, 0.717) is 0 Å². The third-order valence-corrected chi connectivity index (χ3v) is 11.0. The van der Waals surface area contributed by atoms with Crippen molar-refractivity contribution >= 4 is 53.4 Å². The molecule has 67 heavy (non-hydrogen) atoms. The molecule has 0 saturated carbocycles. The van der Waals surface area contributed by atoms with Crippen LogP contribution < -0.4 is 20.1 Å². The summed E-state index contributed by atoms with van der Waals surface area (Å²) in [6.45, 7) is -0.0608. The highest BCUT2D eigenvalue weighted by molar-refractivity contribution is 5.92. The molecule has 0 spiro atoms. The van der Waals surface area contributed by atoms with Crippen LogP contribution in [-0.2, 0) is 49.5 Å². The number of benzene rings is 4. The summed E-state index contributed by atoms with van der Waals surface area (Å²) in [5, 5.41) is 45.7. The maximum absolute atomic E-state index is 13.5. The topological polar surface area (TPSA) is 303 Å². The second-order valence-corrected chi connectivity index (χ2v) is 15.5. The fourth-order valence-electron chi connectivity index (χ4n) is 8.12. The molecule has 21 nitrogen and oxygen atoms in total.